The van der Waals surface area contributed by atoms with Crippen LogP contribution in [0.1, 0.15) is 30.6 Å². The third-order valence-electron chi connectivity index (χ3n) is 2.58. The predicted octanol–water partition coefficient (Wildman–Crippen LogP) is 2.98. The Hall–Kier alpha value is -1.08. The van der Waals surface area contributed by atoms with E-state index in [2.05, 4.69) is 39.0 Å². The van der Waals surface area contributed by atoms with Crippen molar-refractivity contribution in [2.24, 2.45) is 0 Å². The zero-order valence-corrected chi connectivity index (χ0v) is 13.5. The van der Waals surface area contributed by atoms with Gasteiger partial charge < -0.3 is 4.90 Å². The van der Waals surface area contributed by atoms with Crippen molar-refractivity contribution in [1.82, 2.24) is 19.7 Å². The fourth-order valence-electron chi connectivity index (χ4n) is 1.74. The molecule has 7 heteroatoms. The molecule has 0 spiro atoms. The van der Waals surface area contributed by atoms with Crippen molar-refractivity contribution < 1.29 is 0 Å². The zero-order chi connectivity index (χ0) is 14.0. The van der Waals surface area contributed by atoms with Gasteiger partial charge in [0.05, 0.1) is 10.7 Å². The van der Waals surface area contributed by atoms with Gasteiger partial charge >= 0.3 is 0 Å². The van der Waals surface area contributed by atoms with Crippen molar-refractivity contribution in [2.45, 2.75) is 37.7 Å². The van der Waals surface area contributed by atoms with Crippen molar-refractivity contribution in [2.75, 3.05) is 19.0 Å². The van der Waals surface area contributed by atoms with E-state index in [1.165, 1.54) is 0 Å². The van der Waals surface area contributed by atoms with Crippen LogP contribution in [-0.2, 0) is 5.75 Å². The summed E-state index contributed by atoms with van der Waals surface area (Å²) in [5.74, 6) is 1.73. The SMILES string of the molecule is Cc1nc(CSc2nnc(N(C)C)n2C(C)C)cs1. The maximum Gasteiger partial charge on any atom is 0.227 e. The molecule has 104 valence electrons. The van der Waals surface area contributed by atoms with Gasteiger partial charge in [-0.2, -0.15) is 0 Å². The molecule has 0 amide bonds. The molecular formula is C12H19N5S2. The van der Waals surface area contributed by atoms with Gasteiger partial charge in [-0.3, -0.25) is 4.57 Å². The quantitative estimate of drug-likeness (QED) is 0.794. The van der Waals surface area contributed by atoms with E-state index in [4.69, 9.17) is 0 Å². The molecule has 5 nitrogen and oxygen atoms in total. The molecule has 0 N–H and O–H groups in total. The van der Waals surface area contributed by atoms with E-state index < -0.39 is 0 Å². The first-order valence-electron chi connectivity index (χ1n) is 6.15. The van der Waals surface area contributed by atoms with Crippen LogP contribution in [0.25, 0.3) is 0 Å². The second kappa shape index (κ2) is 5.92. The molecule has 2 aromatic rings. The van der Waals surface area contributed by atoms with Gasteiger partial charge in [-0.1, -0.05) is 11.8 Å². The van der Waals surface area contributed by atoms with Crippen LogP contribution >= 0.6 is 23.1 Å². The molecule has 0 aromatic carbocycles. The van der Waals surface area contributed by atoms with E-state index >= 15 is 0 Å². The molecule has 0 fully saturated rings. The first-order valence-corrected chi connectivity index (χ1v) is 8.01. The van der Waals surface area contributed by atoms with Crippen LogP contribution in [0.3, 0.4) is 0 Å². The fraction of sp³-hybridized carbons (Fsp3) is 0.583. The van der Waals surface area contributed by atoms with Crippen molar-refractivity contribution in [1.29, 1.82) is 0 Å². The Balaban J connectivity index is 2.16. The molecule has 2 rings (SSSR count). The van der Waals surface area contributed by atoms with Crippen LogP contribution in [0.15, 0.2) is 10.5 Å². The van der Waals surface area contributed by atoms with Crippen molar-refractivity contribution in [3.63, 3.8) is 0 Å². The van der Waals surface area contributed by atoms with E-state index in [1.807, 2.05) is 25.9 Å². The lowest BCUT2D eigenvalue weighted by molar-refractivity contribution is 0.549. The number of hydrogen-bond donors (Lipinski definition) is 0. The van der Waals surface area contributed by atoms with Gasteiger partial charge in [-0.15, -0.1) is 21.5 Å². The van der Waals surface area contributed by atoms with Gasteiger partial charge in [0.1, 0.15) is 0 Å². The van der Waals surface area contributed by atoms with Crippen molar-refractivity contribution in [3.8, 4) is 0 Å². The van der Waals surface area contributed by atoms with Crippen LogP contribution in [0.4, 0.5) is 5.95 Å². The Morgan fingerprint density at radius 3 is 2.63 bits per heavy atom. The van der Waals surface area contributed by atoms with E-state index in [0.29, 0.717) is 6.04 Å². The van der Waals surface area contributed by atoms with E-state index in [-0.39, 0.29) is 0 Å². The molecule has 19 heavy (non-hydrogen) atoms. The zero-order valence-electron chi connectivity index (χ0n) is 11.9. The monoisotopic (exact) mass is 297 g/mol. The summed E-state index contributed by atoms with van der Waals surface area (Å²) < 4.78 is 2.16. The smallest absolute Gasteiger partial charge is 0.227 e. The summed E-state index contributed by atoms with van der Waals surface area (Å²) in [4.78, 5) is 6.46. The molecule has 0 saturated carbocycles. The van der Waals surface area contributed by atoms with E-state index in [1.54, 1.807) is 23.1 Å². The third kappa shape index (κ3) is 3.27. The minimum absolute atomic E-state index is 0.340. The topological polar surface area (TPSA) is 46.8 Å². The normalized spacial score (nSPS) is 11.3. The summed E-state index contributed by atoms with van der Waals surface area (Å²) in [6.07, 6.45) is 0. The van der Waals surface area contributed by atoms with E-state index in [0.717, 1.165) is 27.6 Å². The third-order valence-corrected chi connectivity index (χ3v) is 4.38. The Bertz CT molecular complexity index is 544. The van der Waals surface area contributed by atoms with Crippen LogP contribution in [-0.4, -0.2) is 33.8 Å². The predicted molar refractivity (Wildman–Crippen MR) is 81.1 cm³/mol. The number of nitrogens with zero attached hydrogens (tertiary/aromatic N) is 5. The molecule has 0 saturated heterocycles. The lowest BCUT2D eigenvalue weighted by atomic mass is 10.4. The standard InChI is InChI=1S/C12H19N5S2/c1-8(2)17-11(16(4)5)14-15-12(17)19-7-10-6-18-9(3)13-10/h6,8H,7H2,1-5H3. The second-order valence-corrected chi connectivity index (χ2v) is 6.79. The molecule has 0 aliphatic rings. The molecule has 0 aliphatic heterocycles. The van der Waals surface area contributed by atoms with Crippen LogP contribution < -0.4 is 4.90 Å². The Labute approximate surface area is 122 Å². The number of thiazole rings is 1. The number of aromatic nitrogens is 4. The number of anilines is 1. The van der Waals surface area contributed by atoms with Crippen LogP contribution in [0.5, 0.6) is 0 Å². The summed E-state index contributed by atoms with van der Waals surface area (Å²) >= 11 is 3.37. The molecular weight excluding hydrogens is 278 g/mol. The molecule has 2 aromatic heterocycles. The molecule has 0 atom stereocenters. The summed E-state index contributed by atoms with van der Waals surface area (Å²) in [6, 6.07) is 0.340. The number of thioether (sulfide) groups is 1. The van der Waals surface area contributed by atoms with Gasteiger partial charge in [0.15, 0.2) is 5.16 Å². The maximum absolute atomic E-state index is 4.47. The number of hydrogen-bond acceptors (Lipinski definition) is 6. The van der Waals surface area contributed by atoms with Crippen LogP contribution in [0, 0.1) is 6.92 Å². The van der Waals surface area contributed by atoms with E-state index in [9.17, 15) is 0 Å². The molecule has 0 radical (unpaired) electrons. The Kier molecular flexibility index (Phi) is 4.46. The van der Waals surface area contributed by atoms with Gasteiger partial charge in [-0.05, 0) is 20.8 Å². The summed E-state index contributed by atoms with van der Waals surface area (Å²) in [7, 11) is 3.97. The minimum Gasteiger partial charge on any atom is -0.347 e. The highest BCUT2D eigenvalue weighted by Crippen LogP contribution is 2.27. The van der Waals surface area contributed by atoms with Gasteiger partial charge in [-0.25, -0.2) is 4.98 Å². The van der Waals surface area contributed by atoms with Crippen molar-refractivity contribution >= 4 is 29.0 Å². The lowest BCUT2D eigenvalue weighted by Crippen LogP contribution is -2.17. The highest BCUT2D eigenvalue weighted by atomic mass is 32.2. The van der Waals surface area contributed by atoms with Gasteiger partial charge in [0.25, 0.3) is 0 Å². The average molecular weight is 297 g/mol. The van der Waals surface area contributed by atoms with Crippen LogP contribution in [0.2, 0.25) is 0 Å². The lowest BCUT2D eigenvalue weighted by Gasteiger charge is -2.17. The molecule has 2 heterocycles. The van der Waals surface area contributed by atoms with Crippen molar-refractivity contribution in [3.05, 3.63) is 16.1 Å². The summed E-state index contributed by atoms with van der Waals surface area (Å²) in [5, 5.41) is 12.7. The highest BCUT2D eigenvalue weighted by Gasteiger charge is 2.16. The molecule has 0 bridgehead atoms. The average Bonchev–Trinajstić information content (AvgIpc) is 2.92. The summed E-state index contributed by atoms with van der Waals surface area (Å²) in [5.41, 5.74) is 1.11. The Morgan fingerprint density at radius 1 is 1.37 bits per heavy atom. The summed E-state index contributed by atoms with van der Waals surface area (Å²) in [6.45, 7) is 6.32. The number of aryl methyl sites for hydroxylation is 1. The molecule has 0 unspecified atom stereocenters. The highest BCUT2D eigenvalue weighted by molar-refractivity contribution is 7.98. The first-order chi connectivity index (χ1) is 8.99. The molecule has 0 aliphatic carbocycles. The minimum atomic E-state index is 0.340. The maximum atomic E-state index is 4.47. The largest absolute Gasteiger partial charge is 0.347 e. The van der Waals surface area contributed by atoms with Gasteiger partial charge in [0.2, 0.25) is 5.95 Å². The number of rotatable bonds is 5. The van der Waals surface area contributed by atoms with Gasteiger partial charge in [0, 0.05) is 31.3 Å². The second-order valence-electron chi connectivity index (χ2n) is 4.79. The Morgan fingerprint density at radius 2 is 2.11 bits per heavy atom. The first kappa shape index (κ1) is 14.3. The fourth-order valence-corrected chi connectivity index (χ4v) is 3.41.